The van der Waals surface area contributed by atoms with E-state index in [0.717, 1.165) is 5.92 Å². The Morgan fingerprint density at radius 2 is 1.57 bits per heavy atom. The van der Waals surface area contributed by atoms with E-state index in [4.69, 9.17) is 0 Å². The summed E-state index contributed by atoms with van der Waals surface area (Å²) < 4.78 is 0. The molecule has 2 aliphatic heterocycles. The van der Waals surface area contributed by atoms with Crippen LogP contribution in [0.2, 0.25) is 0 Å². The molecule has 0 aromatic rings. The normalized spacial score (nSPS) is 24.0. The van der Waals surface area contributed by atoms with E-state index < -0.39 is 0 Å². The van der Waals surface area contributed by atoms with Gasteiger partial charge >= 0.3 is 0 Å². The van der Waals surface area contributed by atoms with E-state index >= 15 is 0 Å². The van der Waals surface area contributed by atoms with Gasteiger partial charge in [-0.05, 0) is 57.8 Å². The minimum Gasteiger partial charge on any atom is -0.317 e. The second-order valence-corrected chi connectivity index (χ2v) is 4.20. The molecule has 0 unspecified atom stereocenters. The number of hydrogen-bond acceptors (Lipinski definition) is 2. The van der Waals surface area contributed by atoms with Crippen molar-refractivity contribution in [3.8, 4) is 0 Å². The van der Waals surface area contributed by atoms with Crippen LogP contribution in [0.15, 0.2) is 0 Å². The maximum atomic E-state index is 3.42. The number of nitrogens with one attached hydrogen (secondary N) is 1. The Bertz CT molecular complexity index is 132. The molecule has 0 aromatic heterocycles. The topological polar surface area (TPSA) is 15.3 Å². The fourth-order valence-electron chi connectivity index (χ4n) is 2.39. The van der Waals surface area contributed by atoms with Gasteiger partial charge < -0.3 is 10.2 Å². The lowest BCUT2D eigenvalue weighted by atomic mass is 9.98. The summed E-state index contributed by atoms with van der Waals surface area (Å²) in [6, 6.07) is 0. The van der Waals surface area contributed by atoms with E-state index in [1.54, 1.807) is 0 Å². The SMILES string of the molecule is C1CCN(CC2CCNCC2)C1.Cl.Cl. The van der Waals surface area contributed by atoms with E-state index in [2.05, 4.69) is 10.2 Å². The Hall–Kier alpha value is 0.500. The number of piperidine rings is 1. The number of likely N-dealkylation sites (tertiary alicyclic amines) is 1. The summed E-state index contributed by atoms with van der Waals surface area (Å²) in [6.45, 7) is 6.60. The molecule has 2 fully saturated rings. The van der Waals surface area contributed by atoms with Crippen LogP contribution in [0.25, 0.3) is 0 Å². The Morgan fingerprint density at radius 3 is 2.14 bits per heavy atom. The molecule has 2 nitrogen and oxygen atoms in total. The van der Waals surface area contributed by atoms with Crippen molar-refractivity contribution in [3.05, 3.63) is 0 Å². The monoisotopic (exact) mass is 240 g/mol. The maximum absolute atomic E-state index is 3.42. The third-order valence-corrected chi connectivity index (χ3v) is 3.17. The number of hydrogen-bond donors (Lipinski definition) is 1. The van der Waals surface area contributed by atoms with Gasteiger partial charge in [-0.15, -0.1) is 24.8 Å². The van der Waals surface area contributed by atoms with Crippen LogP contribution in [0, 0.1) is 5.92 Å². The average molecular weight is 241 g/mol. The molecule has 0 radical (unpaired) electrons. The lowest BCUT2D eigenvalue weighted by molar-refractivity contribution is 0.241. The molecule has 2 aliphatic rings. The smallest absolute Gasteiger partial charge is 0.00106 e. The van der Waals surface area contributed by atoms with Crippen molar-refractivity contribution in [2.75, 3.05) is 32.7 Å². The predicted octanol–water partition coefficient (Wildman–Crippen LogP) is 1.93. The number of halogens is 2. The summed E-state index contributed by atoms with van der Waals surface area (Å²) >= 11 is 0. The van der Waals surface area contributed by atoms with E-state index in [0.29, 0.717) is 0 Å². The van der Waals surface area contributed by atoms with Crippen LogP contribution in [0.4, 0.5) is 0 Å². The van der Waals surface area contributed by atoms with Crippen molar-refractivity contribution in [1.82, 2.24) is 10.2 Å². The summed E-state index contributed by atoms with van der Waals surface area (Å²) in [5, 5.41) is 3.42. The molecule has 0 spiro atoms. The van der Waals surface area contributed by atoms with Crippen LogP contribution < -0.4 is 5.32 Å². The second-order valence-electron chi connectivity index (χ2n) is 4.20. The summed E-state index contributed by atoms with van der Waals surface area (Å²) in [4.78, 5) is 2.65. The van der Waals surface area contributed by atoms with Gasteiger partial charge in [0.1, 0.15) is 0 Å². The van der Waals surface area contributed by atoms with Gasteiger partial charge in [0.2, 0.25) is 0 Å². The molecule has 14 heavy (non-hydrogen) atoms. The molecule has 0 atom stereocenters. The molecule has 0 aliphatic carbocycles. The lowest BCUT2D eigenvalue weighted by Gasteiger charge is -2.26. The highest BCUT2D eigenvalue weighted by molar-refractivity contribution is 5.85. The summed E-state index contributed by atoms with van der Waals surface area (Å²) in [6.07, 6.45) is 5.67. The van der Waals surface area contributed by atoms with E-state index in [1.807, 2.05) is 0 Å². The Morgan fingerprint density at radius 1 is 1.00 bits per heavy atom. The van der Waals surface area contributed by atoms with Gasteiger partial charge in [-0.25, -0.2) is 0 Å². The van der Waals surface area contributed by atoms with Gasteiger partial charge in [0, 0.05) is 6.54 Å². The fourth-order valence-corrected chi connectivity index (χ4v) is 2.39. The molecule has 2 saturated heterocycles. The first-order valence-electron chi connectivity index (χ1n) is 5.38. The molecule has 0 aromatic carbocycles. The number of rotatable bonds is 2. The molecular formula is C10H22Cl2N2. The van der Waals surface area contributed by atoms with Crippen LogP contribution in [-0.2, 0) is 0 Å². The van der Waals surface area contributed by atoms with Gasteiger partial charge in [0.25, 0.3) is 0 Å². The molecule has 86 valence electrons. The van der Waals surface area contributed by atoms with Crippen LogP contribution in [0.1, 0.15) is 25.7 Å². The summed E-state index contributed by atoms with van der Waals surface area (Å²) in [7, 11) is 0. The summed E-state index contributed by atoms with van der Waals surface area (Å²) in [5.74, 6) is 0.990. The molecule has 0 amide bonds. The Labute approximate surface area is 99.6 Å². The molecular weight excluding hydrogens is 219 g/mol. The second kappa shape index (κ2) is 7.75. The zero-order valence-electron chi connectivity index (χ0n) is 8.71. The number of nitrogens with zero attached hydrogens (tertiary/aromatic N) is 1. The highest BCUT2D eigenvalue weighted by Crippen LogP contribution is 2.16. The van der Waals surface area contributed by atoms with Crippen molar-refractivity contribution in [3.63, 3.8) is 0 Å². The third-order valence-electron chi connectivity index (χ3n) is 3.17. The van der Waals surface area contributed by atoms with Crippen molar-refractivity contribution in [1.29, 1.82) is 0 Å². The highest BCUT2D eigenvalue weighted by Gasteiger charge is 2.18. The molecule has 0 saturated carbocycles. The highest BCUT2D eigenvalue weighted by atomic mass is 35.5. The van der Waals surface area contributed by atoms with Gasteiger partial charge in [-0.1, -0.05) is 0 Å². The average Bonchev–Trinajstić information content (AvgIpc) is 2.59. The Kier molecular flexibility index (Phi) is 8.02. The standard InChI is InChI=1S/C10H20N2.2ClH/c1-2-8-12(7-1)9-10-3-5-11-6-4-10;;/h10-11H,1-9H2;2*1H. The van der Waals surface area contributed by atoms with Crippen molar-refractivity contribution in [2.45, 2.75) is 25.7 Å². The van der Waals surface area contributed by atoms with Gasteiger partial charge in [-0.3, -0.25) is 0 Å². The third kappa shape index (κ3) is 4.35. The van der Waals surface area contributed by atoms with E-state index in [-0.39, 0.29) is 24.8 Å². The van der Waals surface area contributed by atoms with Crippen LogP contribution in [0.5, 0.6) is 0 Å². The van der Waals surface area contributed by atoms with E-state index in [1.165, 1.54) is 58.4 Å². The fraction of sp³-hybridized carbons (Fsp3) is 1.00. The van der Waals surface area contributed by atoms with Gasteiger partial charge in [0.15, 0.2) is 0 Å². The zero-order valence-corrected chi connectivity index (χ0v) is 10.3. The zero-order chi connectivity index (χ0) is 8.23. The molecule has 2 heterocycles. The minimum atomic E-state index is 0. The first-order chi connectivity index (χ1) is 5.95. The van der Waals surface area contributed by atoms with Crippen molar-refractivity contribution < 1.29 is 0 Å². The van der Waals surface area contributed by atoms with Crippen LogP contribution >= 0.6 is 24.8 Å². The van der Waals surface area contributed by atoms with Crippen molar-refractivity contribution in [2.24, 2.45) is 5.92 Å². The predicted molar refractivity (Wildman–Crippen MR) is 65.8 cm³/mol. The van der Waals surface area contributed by atoms with Crippen LogP contribution in [-0.4, -0.2) is 37.6 Å². The Balaban J connectivity index is 0.000000845. The largest absolute Gasteiger partial charge is 0.317 e. The molecule has 0 bridgehead atoms. The minimum absolute atomic E-state index is 0. The maximum Gasteiger partial charge on any atom is 0.00106 e. The van der Waals surface area contributed by atoms with E-state index in [9.17, 15) is 0 Å². The quantitative estimate of drug-likeness (QED) is 0.794. The molecule has 2 rings (SSSR count). The first kappa shape index (κ1) is 14.5. The first-order valence-corrected chi connectivity index (χ1v) is 5.38. The van der Waals surface area contributed by atoms with Gasteiger partial charge in [0.05, 0.1) is 0 Å². The van der Waals surface area contributed by atoms with Crippen molar-refractivity contribution >= 4 is 24.8 Å². The summed E-state index contributed by atoms with van der Waals surface area (Å²) in [5.41, 5.74) is 0. The molecule has 1 N–H and O–H groups in total. The van der Waals surface area contributed by atoms with Gasteiger partial charge in [-0.2, -0.15) is 0 Å². The molecule has 4 heteroatoms. The lowest BCUT2D eigenvalue weighted by Crippen LogP contribution is -2.34. The van der Waals surface area contributed by atoms with Crippen LogP contribution in [0.3, 0.4) is 0 Å².